The molecule has 0 spiro atoms. The minimum absolute atomic E-state index is 0.278. The van der Waals surface area contributed by atoms with Gasteiger partial charge in [-0.25, -0.2) is 9.46 Å². The third-order valence-electron chi connectivity index (χ3n) is 6.23. The molecule has 9 nitrogen and oxygen atoms in total. The van der Waals surface area contributed by atoms with Gasteiger partial charge in [0.1, 0.15) is 0 Å². The van der Waals surface area contributed by atoms with Crippen LogP contribution in [0.15, 0.2) is 71.2 Å². The van der Waals surface area contributed by atoms with Crippen molar-refractivity contribution in [3.05, 3.63) is 82.3 Å². The SMILES string of the molecule is CCOC(=O)c1ccc(NC(=O)c2cc(N(C)C)ccc2[P@@](=O)(Nc2ccc(Br)cc2)N2CCOCC2)cc1. The van der Waals surface area contributed by atoms with Gasteiger partial charge in [-0.1, -0.05) is 15.9 Å². The second kappa shape index (κ2) is 12.8. The summed E-state index contributed by atoms with van der Waals surface area (Å²) in [6.07, 6.45) is 0. The second-order valence-corrected chi connectivity index (χ2v) is 12.4. The molecule has 206 valence electrons. The van der Waals surface area contributed by atoms with Crippen LogP contribution in [-0.4, -0.2) is 63.6 Å². The summed E-state index contributed by atoms with van der Waals surface area (Å²) in [4.78, 5) is 27.6. The van der Waals surface area contributed by atoms with E-state index in [1.54, 1.807) is 43.3 Å². The number of ether oxygens (including phenoxy) is 2. The highest BCUT2D eigenvalue weighted by Gasteiger charge is 2.37. The molecule has 11 heteroatoms. The zero-order valence-electron chi connectivity index (χ0n) is 22.1. The largest absolute Gasteiger partial charge is 0.462 e. The molecule has 0 saturated carbocycles. The van der Waals surface area contributed by atoms with Crippen LogP contribution in [0.1, 0.15) is 27.6 Å². The van der Waals surface area contributed by atoms with Gasteiger partial charge in [0.05, 0.1) is 36.3 Å². The predicted molar refractivity (Wildman–Crippen MR) is 159 cm³/mol. The molecule has 39 heavy (non-hydrogen) atoms. The Balaban J connectivity index is 1.73. The smallest absolute Gasteiger partial charge is 0.338 e. The Morgan fingerprint density at radius 1 is 1.00 bits per heavy atom. The van der Waals surface area contributed by atoms with E-state index in [-0.39, 0.29) is 12.2 Å². The van der Waals surface area contributed by atoms with Crippen molar-refractivity contribution in [3.63, 3.8) is 0 Å². The Morgan fingerprint density at radius 2 is 1.64 bits per heavy atom. The number of hydrogen-bond donors (Lipinski definition) is 2. The summed E-state index contributed by atoms with van der Waals surface area (Å²) < 4.78 is 28.3. The molecule has 3 aromatic carbocycles. The molecular formula is C28H32BrN4O5P. The van der Waals surface area contributed by atoms with Crippen molar-refractivity contribution < 1.29 is 23.6 Å². The van der Waals surface area contributed by atoms with Gasteiger partial charge in [0.2, 0.25) is 0 Å². The van der Waals surface area contributed by atoms with E-state index in [1.165, 1.54) is 0 Å². The first kappa shape index (κ1) is 28.8. The molecule has 1 fully saturated rings. The van der Waals surface area contributed by atoms with Crippen LogP contribution in [0.3, 0.4) is 0 Å². The third-order valence-corrected chi connectivity index (χ3v) is 9.56. The molecule has 1 aliphatic heterocycles. The number of hydrogen-bond acceptors (Lipinski definition) is 6. The number of amides is 1. The monoisotopic (exact) mass is 614 g/mol. The fourth-order valence-corrected chi connectivity index (χ4v) is 6.99. The first-order chi connectivity index (χ1) is 18.7. The summed E-state index contributed by atoms with van der Waals surface area (Å²) >= 11 is 3.44. The summed E-state index contributed by atoms with van der Waals surface area (Å²) in [7, 11) is 0.251. The van der Waals surface area contributed by atoms with Crippen LogP contribution in [0.5, 0.6) is 0 Å². The van der Waals surface area contributed by atoms with Gasteiger partial charge in [-0.05, 0) is 73.7 Å². The van der Waals surface area contributed by atoms with Crippen molar-refractivity contribution in [2.75, 3.05) is 62.3 Å². The van der Waals surface area contributed by atoms with E-state index < -0.39 is 19.3 Å². The number of carbonyl (C=O) groups excluding carboxylic acids is 2. The molecule has 1 saturated heterocycles. The molecule has 0 aromatic heterocycles. The van der Waals surface area contributed by atoms with Crippen LogP contribution < -0.4 is 20.6 Å². The Labute approximate surface area is 237 Å². The molecule has 1 aliphatic rings. The molecule has 4 rings (SSSR count). The highest BCUT2D eigenvalue weighted by atomic mass is 79.9. The number of esters is 1. The lowest BCUT2D eigenvalue weighted by molar-refractivity contribution is 0.0526. The molecule has 0 bridgehead atoms. The lowest BCUT2D eigenvalue weighted by atomic mass is 10.1. The quantitative estimate of drug-likeness (QED) is 0.250. The molecule has 1 atom stereocenters. The van der Waals surface area contributed by atoms with Crippen molar-refractivity contribution in [1.82, 2.24) is 4.67 Å². The van der Waals surface area contributed by atoms with Crippen LogP contribution in [-0.2, 0) is 14.0 Å². The number of benzene rings is 3. The van der Waals surface area contributed by atoms with Crippen LogP contribution in [0.25, 0.3) is 0 Å². The number of halogens is 1. The summed E-state index contributed by atoms with van der Waals surface area (Å²) in [5, 5.41) is 6.57. The lowest BCUT2D eigenvalue weighted by Crippen LogP contribution is -2.40. The number of anilines is 3. The Hall–Kier alpha value is -3.17. The first-order valence-corrected chi connectivity index (χ1v) is 15.0. The number of nitrogens with one attached hydrogen (secondary N) is 2. The molecular weight excluding hydrogens is 583 g/mol. The summed E-state index contributed by atoms with van der Waals surface area (Å²) in [5.74, 6) is -0.842. The summed E-state index contributed by atoms with van der Waals surface area (Å²) in [5.41, 5.74) is 2.64. The standard InChI is InChI=1S/C28H32BrN4O5P/c1-4-38-28(35)20-5-9-22(10-6-20)30-27(34)25-19-24(32(2)3)13-14-26(25)39(36,33-15-17-37-18-16-33)31-23-11-7-21(29)8-12-23/h5-14,19H,4,15-18H2,1-3H3,(H,30,34)(H,31,36)/t39-/m1/s1. The van der Waals surface area contributed by atoms with Crippen molar-refractivity contribution >= 4 is 57.6 Å². The number of morpholine rings is 1. The molecule has 0 aliphatic carbocycles. The van der Waals surface area contributed by atoms with Gasteiger partial charge in [0, 0.05) is 48.7 Å². The maximum Gasteiger partial charge on any atom is 0.338 e. The Bertz CT molecular complexity index is 1360. The maximum atomic E-state index is 15.0. The van der Waals surface area contributed by atoms with E-state index in [9.17, 15) is 14.2 Å². The lowest BCUT2D eigenvalue weighted by Gasteiger charge is -2.36. The molecule has 3 aromatic rings. The van der Waals surface area contributed by atoms with Crippen LogP contribution in [0.4, 0.5) is 17.1 Å². The van der Waals surface area contributed by atoms with E-state index in [2.05, 4.69) is 26.3 Å². The number of carbonyl (C=O) groups is 2. The zero-order valence-corrected chi connectivity index (χ0v) is 24.6. The summed E-state index contributed by atoms with van der Waals surface area (Å²) in [6, 6.07) is 19.3. The van der Waals surface area contributed by atoms with E-state index in [4.69, 9.17) is 9.47 Å². The minimum Gasteiger partial charge on any atom is -0.462 e. The molecule has 0 unspecified atom stereocenters. The average Bonchev–Trinajstić information content (AvgIpc) is 2.95. The molecule has 0 radical (unpaired) electrons. The van der Waals surface area contributed by atoms with Crippen LogP contribution in [0.2, 0.25) is 0 Å². The van der Waals surface area contributed by atoms with Gasteiger partial charge in [0.15, 0.2) is 0 Å². The van der Waals surface area contributed by atoms with E-state index in [0.29, 0.717) is 48.5 Å². The Kier molecular flexibility index (Phi) is 9.45. The van der Waals surface area contributed by atoms with Crippen molar-refractivity contribution in [1.29, 1.82) is 0 Å². The van der Waals surface area contributed by atoms with Gasteiger partial charge >= 0.3 is 5.97 Å². The minimum atomic E-state index is -3.51. The van der Waals surface area contributed by atoms with E-state index >= 15 is 0 Å². The first-order valence-electron chi connectivity index (χ1n) is 12.6. The van der Waals surface area contributed by atoms with Gasteiger partial charge < -0.3 is 24.8 Å². The predicted octanol–water partition coefficient (Wildman–Crippen LogP) is 5.21. The van der Waals surface area contributed by atoms with Crippen molar-refractivity contribution in [3.8, 4) is 0 Å². The fraction of sp³-hybridized carbons (Fsp3) is 0.286. The third kappa shape index (κ3) is 6.89. The van der Waals surface area contributed by atoms with Gasteiger partial charge in [0.25, 0.3) is 13.4 Å². The highest BCUT2D eigenvalue weighted by Crippen LogP contribution is 2.50. The second-order valence-electron chi connectivity index (χ2n) is 9.11. The van der Waals surface area contributed by atoms with E-state index in [0.717, 1.165) is 10.2 Å². The topological polar surface area (TPSA) is 100 Å². The Morgan fingerprint density at radius 3 is 2.26 bits per heavy atom. The van der Waals surface area contributed by atoms with Crippen molar-refractivity contribution in [2.24, 2.45) is 0 Å². The number of rotatable bonds is 9. The molecule has 1 amide bonds. The van der Waals surface area contributed by atoms with E-state index in [1.807, 2.05) is 54.0 Å². The zero-order chi connectivity index (χ0) is 28.0. The average molecular weight is 615 g/mol. The number of nitrogens with zero attached hydrogens (tertiary/aromatic N) is 2. The van der Waals surface area contributed by atoms with Crippen LogP contribution in [0, 0.1) is 0 Å². The van der Waals surface area contributed by atoms with Crippen molar-refractivity contribution in [2.45, 2.75) is 6.92 Å². The van der Waals surface area contributed by atoms with Crippen LogP contribution >= 0.6 is 23.4 Å². The van der Waals surface area contributed by atoms with Gasteiger partial charge in [-0.15, -0.1) is 0 Å². The molecule has 2 N–H and O–H groups in total. The van der Waals surface area contributed by atoms with Gasteiger partial charge in [-0.2, -0.15) is 0 Å². The highest BCUT2D eigenvalue weighted by molar-refractivity contribution is 9.10. The molecule has 1 heterocycles. The normalized spacial score (nSPS) is 15.2. The fourth-order valence-electron chi connectivity index (χ4n) is 4.17. The summed E-state index contributed by atoms with van der Waals surface area (Å²) in [6.45, 7) is 3.80. The maximum absolute atomic E-state index is 15.0. The van der Waals surface area contributed by atoms with Gasteiger partial charge in [-0.3, -0.25) is 9.36 Å².